The molecule has 3 rings (SSSR count). The van der Waals surface area contributed by atoms with E-state index in [9.17, 15) is 4.79 Å². The first kappa shape index (κ1) is 15.5. The summed E-state index contributed by atoms with van der Waals surface area (Å²) in [5, 5.41) is 4.34. The Bertz CT molecular complexity index is 494. The first-order valence-corrected chi connectivity index (χ1v) is 8.62. The molecule has 0 bridgehead atoms. The number of carbonyl (C=O) groups is 1. The molecule has 2 aliphatic rings. The first-order chi connectivity index (χ1) is 10.7. The molecule has 122 valence electrons. The highest BCUT2D eigenvalue weighted by Crippen LogP contribution is 2.22. The van der Waals surface area contributed by atoms with E-state index in [0.717, 1.165) is 44.3 Å². The second-order valence-corrected chi connectivity index (χ2v) is 6.69. The number of carbonyl (C=O) groups excluding carboxylic acids is 1. The van der Waals surface area contributed by atoms with Gasteiger partial charge in [-0.2, -0.15) is 5.10 Å². The lowest BCUT2D eigenvalue weighted by molar-refractivity contribution is -0.139. The van der Waals surface area contributed by atoms with Gasteiger partial charge in [0.25, 0.3) is 0 Å². The quantitative estimate of drug-likeness (QED) is 0.840. The van der Waals surface area contributed by atoms with Crippen molar-refractivity contribution >= 4 is 5.91 Å². The van der Waals surface area contributed by atoms with Gasteiger partial charge in [-0.15, -0.1) is 0 Å². The van der Waals surface area contributed by atoms with Gasteiger partial charge in [0.1, 0.15) is 6.61 Å². The molecule has 0 spiro atoms. The van der Waals surface area contributed by atoms with Crippen molar-refractivity contribution in [3.05, 3.63) is 18.0 Å². The third-order valence-corrected chi connectivity index (χ3v) is 4.85. The van der Waals surface area contributed by atoms with Crippen LogP contribution in [0.1, 0.15) is 50.5 Å². The van der Waals surface area contributed by atoms with Gasteiger partial charge in [-0.25, -0.2) is 0 Å². The highest BCUT2D eigenvalue weighted by molar-refractivity contribution is 5.78. The number of aryl methyl sites for hydroxylation is 1. The van der Waals surface area contributed by atoms with Gasteiger partial charge < -0.3 is 9.64 Å². The largest absolute Gasteiger partial charge is 0.368 e. The molecule has 22 heavy (non-hydrogen) atoms. The third-order valence-electron chi connectivity index (χ3n) is 4.85. The summed E-state index contributed by atoms with van der Waals surface area (Å²) >= 11 is 0. The Balaban J connectivity index is 1.49. The highest BCUT2D eigenvalue weighted by Gasteiger charge is 2.29. The van der Waals surface area contributed by atoms with Crippen molar-refractivity contribution in [1.82, 2.24) is 14.7 Å². The van der Waals surface area contributed by atoms with Crippen LogP contribution in [0.25, 0.3) is 0 Å². The summed E-state index contributed by atoms with van der Waals surface area (Å²) in [6.45, 7) is 3.94. The monoisotopic (exact) mass is 305 g/mol. The van der Waals surface area contributed by atoms with Crippen LogP contribution in [0.4, 0.5) is 0 Å². The van der Waals surface area contributed by atoms with Crippen molar-refractivity contribution < 1.29 is 9.53 Å². The molecule has 1 amide bonds. The standard InChI is InChI=1S/C17H27N3O2/c1-14-10-18-19(11-14)12-15-6-5-9-20(15)17(21)13-22-16-7-3-2-4-8-16/h10-11,15-16H,2-9,12-13H2,1H3/t15-/m0/s1. The molecular weight excluding hydrogens is 278 g/mol. The van der Waals surface area contributed by atoms with Crippen LogP contribution in [0, 0.1) is 6.92 Å². The average Bonchev–Trinajstić information content (AvgIpc) is 3.15. The topological polar surface area (TPSA) is 47.4 Å². The summed E-state index contributed by atoms with van der Waals surface area (Å²) in [4.78, 5) is 14.5. The summed E-state index contributed by atoms with van der Waals surface area (Å²) < 4.78 is 7.80. The van der Waals surface area contributed by atoms with Crippen molar-refractivity contribution in [2.75, 3.05) is 13.2 Å². The van der Waals surface area contributed by atoms with E-state index < -0.39 is 0 Å². The second kappa shape index (κ2) is 7.27. The maximum Gasteiger partial charge on any atom is 0.248 e. The number of nitrogens with zero attached hydrogens (tertiary/aromatic N) is 3. The van der Waals surface area contributed by atoms with Crippen LogP contribution in [-0.4, -0.2) is 45.9 Å². The fraction of sp³-hybridized carbons (Fsp3) is 0.765. The minimum atomic E-state index is 0.150. The molecule has 1 aromatic heterocycles. The predicted octanol–water partition coefficient (Wildman–Crippen LogP) is 2.53. The van der Waals surface area contributed by atoms with Gasteiger partial charge in [-0.3, -0.25) is 9.48 Å². The normalized spacial score (nSPS) is 23.1. The van der Waals surface area contributed by atoms with Crippen LogP contribution in [0.5, 0.6) is 0 Å². The lowest BCUT2D eigenvalue weighted by Crippen LogP contribution is -2.41. The molecule has 0 radical (unpaired) electrons. The van der Waals surface area contributed by atoms with E-state index in [1.807, 2.05) is 28.9 Å². The van der Waals surface area contributed by atoms with Gasteiger partial charge >= 0.3 is 0 Å². The number of ether oxygens (including phenoxy) is 1. The zero-order chi connectivity index (χ0) is 15.4. The van der Waals surface area contributed by atoms with E-state index in [0.29, 0.717) is 6.10 Å². The zero-order valence-electron chi connectivity index (χ0n) is 13.5. The number of amides is 1. The minimum Gasteiger partial charge on any atom is -0.368 e. The Kier molecular flexibility index (Phi) is 5.13. The van der Waals surface area contributed by atoms with Gasteiger partial charge in [0.15, 0.2) is 0 Å². The van der Waals surface area contributed by atoms with Crippen LogP contribution in [0.3, 0.4) is 0 Å². The third kappa shape index (κ3) is 3.88. The summed E-state index contributed by atoms with van der Waals surface area (Å²) in [5.41, 5.74) is 1.16. The van der Waals surface area contributed by atoms with Crippen molar-refractivity contribution in [3.8, 4) is 0 Å². The molecule has 1 aromatic rings. The molecule has 1 atom stereocenters. The SMILES string of the molecule is Cc1cnn(C[C@@H]2CCCN2C(=O)COC2CCCCC2)c1. The number of rotatable bonds is 5. The molecule has 5 nitrogen and oxygen atoms in total. The van der Waals surface area contributed by atoms with Gasteiger partial charge in [-0.05, 0) is 38.2 Å². The van der Waals surface area contributed by atoms with E-state index in [-0.39, 0.29) is 18.6 Å². The molecule has 1 aliphatic carbocycles. The fourth-order valence-corrected chi connectivity index (χ4v) is 3.64. The van der Waals surface area contributed by atoms with E-state index >= 15 is 0 Å². The summed E-state index contributed by atoms with van der Waals surface area (Å²) in [6.07, 6.45) is 12.4. The van der Waals surface area contributed by atoms with Crippen LogP contribution in [0.2, 0.25) is 0 Å². The fourth-order valence-electron chi connectivity index (χ4n) is 3.64. The molecule has 1 aliphatic heterocycles. The van der Waals surface area contributed by atoms with Crippen molar-refractivity contribution in [2.24, 2.45) is 0 Å². The van der Waals surface area contributed by atoms with Crippen molar-refractivity contribution in [1.29, 1.82) is 0 Å². The summed E-state index contributed by atoms with van der Waals surface area (Å²) in [7, 11) is 0. The minimum absolute atomic E-state index is 0.150. The number of hydrogen-bond acceptors (Lipinski definition) is 3. The Labute approximate surface area is 132 Å². The molecule has 0 aromatic carbocycles. The molecular formula is C17H27N3O2. The summed E-state index contributed by atoms with van der Waals surface area (Å²) in [6, 6.07) is 0.266. The molecule has 2 fully saturated rings. The Hall–Kier alpha value is -1.36. The van der Waals surface area contributed by atoms with Gasteiger partial charge in [0.2, 0.25) is 5.91 Å². The van der Waals surface area contributed by atoms with E-state index in [1.54, 1.807) is 0 Å². The van der Waals surface area contributed by atoms with Gasteiger partial charge in [0.05, 0.1) is 24.9 Å². The smallest absolute Gasteiger partial charge is 0.248 e. The van der Waals surface area contributed by atoms with Crippen molar-refractivity contribution in [3.63, 3.8) is 0 Å². The van der Waals surface area contributed by atoms with Crippen LogP contribution < -0.4 is 0 Å². The van der Waals surface area contributed by atoms with Crippen LogP contribution in [-0.2, 0) is 16.1 Å². The maximum absolute atomic E-state index is 12.5. The van der Waals surface area contributed by atoms with Crippen LogP contribution in [0.15, 0.2) is 12.4 Å². The maximum atomic E-state index is 12.5. The number of hydrogen-bond donors (Lipinski definition) is 0. The molecule has 2 heterocycles. The lowest BCUT2D eigenvalue weighted by atomic mass is 9.98. The average molecular weight is 305 g/mol. The Morgan fingerprint density at radius 1 is 1.27 bits per heavy atom. The van der Waals surface area contributed by atoms with E-state index in [1.165, 1.54) is 19.3 Å². The van der Waals surface area contributed by atoms with Gasteiger partial charge in [-0.1, -0.05) is 19.3 Å². The number of aromatic nitrogens is 2. The highest BCUT2D eigenvalue weighted by atomic mass is 16.5. The van der Waals surface area contributed by atoms with Crippen LogP contribution >= 0.6 is 0 Å². The van der Waals surface area contributed by atoms with Crippen molar-refractivity contribution in [2.45, 2.75) is 70.6 Å². The number of likely N-dealkylation sites (tertiary alicyclic amines) is 1. The Morgan fingerprint density at radius 3 is 2.82 bits per heavy atom. The molecule has 1 saturated carbocycles. The lowest BCUT2D eigenvalue weighted by Gasteiger charge is -2.27. The van der Waals surface area contributed by atoms with E-state index in [4.69, 9.17) is 4.74 Å². The first-order valence-electron chi connectivity index (χ1n) is 8.62. The molecule has 0 unspecified atom stereocenters. The molecule has 5 heteroatoms. The molecule has 0 N–H and O–H groups in total. The molecule has 1 saturated heterocycles. The Morgan fingerprint density at radius 2 is 2.09 bits per heavy atom. The van der Waals surface area contributed by atoms with Gasteiger partial charge in [0, 0.05) is 12.7 Å². The summed E-state index contributed by atoms with van der Waals surface area (Å²) in [5.74, 6) is 0.150. The van der Waals surface area contributed by atoms with E-state index in [2.05, 4.69) is 5.10 Å². The second-order valence-electron chi connectivity index (χ2n) is 6.69. The predicted molar refractivity (Wildman–Crippen MR) is 84.5 cm³/mol. The zero-order valence-corrected chi connectivity index (χ0v) is 13.5.